The molecule has 1 saturated heterocycles. The number of ketones is 1. The SMILES string of the molecule is CCc1ccc(CNc2cc(C(=O)c3cn(CCCC(=O)O)c4ccccc34)ccc2OCCCN2CCN(c3ccccc3OC)CC2)cc1. The van der Waals surface area contributed by atoms with Crippen molar-refractivity contribution in [3.05, 3.63) is 119 Å². The van der Waals surface area contributed by atoms with Gasteiger partial charge in [0.15, 0.2) is 5.78 Å². The average molecular weight is 689 g/mol. The highest BCUT2D eigenvalue weighted by atomic mass is 16.5. The van der Waals surface area contributed by atoms with Crippen LogP contribution in [-0.2, 0) is 24.3 Å². The molecule has 4 aromatic carbocycles. The number of fused-ring (bicyclic) bond motifs is 1. The van der Waals surface area contributed by atoms with E-state index < -0.39 is 5.97 Å². The van der Waals surface area contributed by atoms with Crippen LogP contribution in [0.1, 0.15) is 53.2 Å². The second kappa shape index (κ2) is 17.1. The number of nitrogens with zero attached hydrogens (tertiary/aromatic N) is 3. The number of hydrogen-bond acceptors (Lipinski definition) is 7. The first-order chi connectivity index (χ1) is 24.9. The number of hydrogen-bond donors (Lipinski definition) is 2. The minimum absolute atomic E-state index is 0.0774. The predicted octanol–water partition coefficient (Wildman–Crippen LogP) is 7.51. The van der Waals surface area contributed by atoms with Crippen LogP contribution in [0.25, 0.3) is 10.9 Å². The summed E-state index contributed by atoms with van der Waals surface area (Å²) in [6.07, 6.45) is 4.30. The van der Waals surface area contributed by atoms with E-state index in [4.69, 9.17) is 14.6 Å². The molecular weight excluding hydrogens is 640 g/mol. The molecule has 0 atom stereocenters. The van der Waals surface area contributed by atoms with Crippen molar-refractivity contribution in [3.8, 4) is 11.5 Å². The normalized spacial score (nSPS) is 13.3. The second-order valence-corrected chi connectivity index (χ2v) is 13.0. The molecule has 1 aliphatic rings. The Morgan fingerprint density at radius 2 is 1.57 bits per heavy atom. The zero-order valence-electron chi connectivity index (χ0n) is 29.6. The number of carboxylic acid groups (broad SMARTS) is 1. The third kappa shape index (κ3) is 8.91. The maximum Gasteiger partial charge on any atom is 0.303 e. The summed E-state index contributed by atoms with van der Waals surface area (Å²) in [6.45, 7) is 8.63. The first-order valence-electron chi connectivity index (χ1n) is 18.0. The number of ether oxygens (including phenoxy) is 2. The summed E-state index contributed by atoms with van der Waals surface area (Å²) in [6, 6.07) is 30.2. The maximum absolute atomic E-state index is 14.1. The van der Waals surface area contributed by atoms with Crippen molar-refractivity contribution in [2.45, 2.75) is 45.7 Å². The molecule has 0 unspecified atom stereocenters. The lowest BCUT2D eigenvalue weighted by Gasteiger charge is -2.36. The maximum atomic E-state index is 14.1. The van der Waals surface area contributed by atoms with Gasteiger partial charge in [0.25, 0.3) is 0 Å². The van der Waals surface area contributed by atoms with Gasteiger partial charge in [-0.3, -0.25) is 14.5 Å². The third-order valence-electron chi connectivity index (χ3n) is 9.65. The Hall–Kier alpha value is -5.28. The molecule has 9 heteroatoms. The van der Waals surface area contributed by atoms with E-state index in [-0.39, 0.29) is 12.2 Å². The highest BCUT2D eigenvalue weighted by molar-refractivity contribution is 6.16. The van der Waals surface area contributed by atoms with Crippen LogP contribution >= 0.6 is 0 Å². The molecular formula is C42H48N4O5. The van der Waals surface area contributed by atoms with Crippen LogP contribution in [0.2, 0.25) is 0 Å². The standard InChI is InChI=1S/C42H48N4O5/c1-3-31-15-17-32(18-16-31)29-43-36-28-33(42(49)35-30-46(22-8-14-41(47)48)37-11-5-4-10-34(35)37)19-20-39(36)51-27-9-21-44-23-25-45(26-24-44)38-12-6-7-13-40(38)50-2/h4-7,10-13,15-20,28,30,43H,3,8-9,14,21-27,29H2,1-2H3,(H,47,48). The van der Waals surface area contributed by atoms with E-state index in [2.05, 4.69) is 58.4 Å². The van der Waals surface area contributed by atoms with Gasteiger partial charge in [-0.15, -0.1) is 0 Å². The molecule has 266 valence electrons. The van der Waals surface area contributed by atoms with Gasteiger partial charge in [0, 0.05) is 80.5 Å². The molecule has 0 spiro atoms. The number of methoxy groups -OCH3 is 1. The summed E-state index contributed by atoms with van der Waals surface area (Å²) in [4.78, 5) is 30.1. The van der Waals surface area contributed by atoms with E-state index >= 15 is 0 Å². The van der Waals surface area contributed by atoms with E-state index in [1.807, 2.05) is 65.4 Å². The van der Waals surface area contributed by atoms with Crippen molar-refractivity contribution in [1.29, 1.82) is 0 Å². The molecule has 5 aromatic rings. The number of aryl methyl sites for hydroxylation is 2. The number of benzene rings is 4. The number of aromatic nitrogens is 1. The van der Waals surface area contributed by atoms with Gasteiger partial charge in [0.05, 0.1) is 25.1 Å². The van der Waals surface area contributed by atoms with Gasteiger partial charge in [-0.25, -0.2) is 0 Å². The zero-order valence-corrected chi connectivity index (χ0v) is 29.6. The lowest BCUT2D eigenvalue weighted by molar-refractivity contribution is -0.137. The number of anilines is 2. The van der Waals surface area contributed by atoms with E-state index in [0.29, 0.717) is 43.0 Å². The molecule has 0 aliphatic carbocycles. The summed E-state index contributed by atoms with van der Waals surface area (Å²) in [5, 5.41) is 13.5. The fourth-order valence-corrected chi connectivity index (χ4v) is 6.77. The van der Waals surface area contributed by atoms with Crippen molar-refractivity contribution in [1.82, 2.24) is 9.47 Å². The van der Waals surface area contributed by atoms with E-state index in [1.165, 1.54) is 5.56 Å². The summed E-state index contributed by atoms with van der Waals surface area (Å²) in [5.41, 5.74) is 6.43. The summed E-state index contributed by atoms with van der Waals surface area (Å²) >= 11 is 0. The predicted molar refractivity (Wildman–Crippen MR) is 204 cm³/mol. The van der Waals surface area contributed by atoms with Gasteiger partial charge in [-0.05, 0) is 66.8 Å². The van der Waals surface area contributed by atoms with Crippen LogP contribution in [0.5, 0.6) is 11.5 Å². The van der Waals surface area contributed by atoms with Crippen molar-refractivity contribution >= 4 is 34.0 Å². The lowest BCUT2D eigenvalue weighted by atomic mass is 10.0. The van der Waals surface area contributed by atoms with Gasteiger partial charge >= 0.3 is 5.97 Å². The van der Waals surface area contributed by atoms with Crippen LogP contribution in [0.4, 0.5) is 11.4 Å². The molecule has 1 aliphatic heterocycles. The van der Waals surface area contributed by atoms with E-state index in [0.717, 1.165) is 79.2 Å². The van der Waals surface area contributed by atoms with Gasteiger partial charge in [-0.2, -0.15) is 0 Å². The van der Waals surface area contributed by atoms with Crippen molar-refractivity contribution in [2.24, 2.45) is 0 Å². The van der Waals surface area contributed by atoms with Crippen molar-refractivity contribution < 1.29 is 24.2 Å². The summed E-state index contributed by atoms with van der Waals surface area (Å²) < 4.78 is 13.9. The van der Waals surface area contributed by atoms with Crippen LogP contribution < -0.4 is 19.7 Å². The Kier molecular flexibility index (Phi) is 11.9. The van der Waals surface area contributed by atoms with Gasteiger partial charge in [-0.1, -0.05) is 61.5 Å². The minimum Gasteiger partial charge on any atom is -0.495 e. The molecule has 9 nitrogen and oxygen atoms in total. The summed E-state index contributed by atoms with van der Waals surface area (Å²) in [7, 11) is 1.72. The fourth-order valence-electron chi connectivity index (χ4n) is 6.77. The largest absolute Gasteiger partial charge is 0.495 e. The topological polar surface area (TPSA) is 96.3 Å². The van der Waals surface area contributed by atoms with Crippen molar-refractivity contribution in [2.75, 3.05) is 56.7 Å². The monoisotopic (exact) mass is 688 g/mol. The molecule has 2 N–H and O–H groups in total. The molecule has 1 fully saturated rings. The number of piperazine rings is 1. The third-order valence-corrected chi connectivity index (χ3v) is 9.65. The van der Waals surface area contributed by atoms with Gasteiger partial charge in [0.2, 0.25) is 0 Å². The number of aliphatic carboxylic acids is 1. The van der Waals surface area contributed by atoms with Crippen LogP contribution in [0.15, 0.2) is 97.2 Å². The van der Waals surface area contributed by atoms with Gasteiger partial charge < -0.3 is 29.4 Å². The Morgan fingerprint density at radius 1 is 0.824 bits per heavy atom. The lowest BCUT2D eigenvalue weighted by Crippen LogP contribution is -2.46. The number of carbonyl (C=O) groups is 2. The number of nitrogens with one attached hydrogen (secondary N) is 1. The number of carbonyl (C=O) groups excluding carboxylic acids is 1. The Morgan fingerprint density at radius 3 is 2.33 bits per heavy atom. The quantitative estimate of drug-likeness (QED) is 0.0766. The first-order valence-corrected chi connectivity index (χ1v) is 18.0. The fraction of sp³-hybridized carbons (Fsp3) is 0.333. The second-order valence-electron chi connectivity index (χ2n) is 13.0. The highest BCUT2D eigenvalue weighted by Gasteiger charge is 2.21. The van der Waals surface area contributed by atoms with Crippen LogP contribution in [-0.4, -0.2) is 72.8 Å². The molecule has 1 aromatic heterocycles. The highest BCUT2D eigenvalue weighted by Crippen LogP contribution is 2.31. The Balaban J connectivity index is 1.13. The summed E-state index contributed by atoms with van der Waals surface area (Å²) in [5.74, 6) is 0.717. The molecule has 0 bridgehead atoms. The number of carboxylic acids is 1. The Bertz CT molecular complexity index is 1930. The van der Waals surface area contributed by atoms with E-state index in [9.17, 15) is 9.59 Å². The number of para-hydroxylation sites is 3. The minimum atomic E-state index is -0.825. The van der Waals surface area contributed by atoms with Crippen LogP contribution in [0, 0.1) is 0 Å². The molecule has 2 heterocycles. The molecule has 0 amide bonds. The first kappa shape index (κ1) is 35.5. The zero-order chi connectivity index (χ0) is 35.6. The number of rotatable bonds is 17. The Labute approximate surface area is 300 Å². The smallest absolute Gasteiger partial charge is 0.303 e. The van der Waals surface area contributed by atoms with Gasteiger partial charge in [0.1, 0.15) is 11.5 Å². The molecule has 6 rings (SSSR count). The van der Waals surface area contributed by atoms with Crippen molar-refractivity contribution in [3.63, 3.8) is 0 Å². The molecule has 51 heavy (non-hydrogen) atoms. The molecule has 0 saturated carbocycles. The van der Waals surface area contributed by atoms with E-state index in [1.54, 1.807) is 7.11 Å². The molecule has 0 radical (unpaired) electrons. The van der Waals surface area contributed by atoms with Crippen LogP contribution in [0.3, 0.4) is 0 Å². The average Bonchev–Trinajstić information content (AvgIpc) is 3.54.